The Morgan fingerprint density at radius 2 is 1.93 bits per heavy atom. The summed E-state index contributed by atoms with van der Waals surface area (Å²) >= 11 is 1.32. The Morgan fingerprint density at radius 3 is 2.61 bits per heavy atom. The highest BCUT2D eigenvalue weighted by Gasteiger charge is 2.34. The zero-order valence-electron chi connectivity index (χ0n) is 16.4. The molecule has 1 atom stereocenters. The van der Waals surface area contributed by atoms with E-state index >= 15 is 0 Å². The van der Waals surface area contributed by atoms with Gasteiger partial charge in [0.1, 0.15) is 17.7 Å². The second-order valence-electron chi connectivity index (χ2n) is 6.68. The van der Waals surface area contributed by atoms with E-state index in [4.69, 9.17) is 4.74 Å². The number of carbonyl (C=O) groups is 2. The third-order valence-corrected chi connectivity index (χ3v) is 5.41. The first-order chi connectivity index (χ1) is 13.3. The number of amidine groups is 1. The van der Waals surface area contributed by atoms with Crippen molar-refractivity contribution in [2.24, 2.45) is 5.10 Å². The highest BCUT2D eigenvalue weighted by Crippen LogP contribution is 2.43. The van der Waals surface area contributed by atoms with Crippen LogP contribution in [0, 0.1) is 13.8 Å². The molecule has 0 aromatic heterocycles. The van der Waals surface area contributed by atoms with Gasteiger partial charge in [-0.15, -0.1) is 5.10 Å². The summed E-state index contributed by atoms with van der Waals surface area (Å²) in [6, 6.07) is 14.0. The first-order valence-electron chi connectivity index (χ1n) is 8.95. The maximum Gasteiger partial charge on any atom is 0.241 e. The average Bonchev–Trinajstić information content (AvgIpc) is 3.05. The molecule has 0 unspecified atom stereocenters. The summed E-state index contributed by atoms with van der Waals surface area (Å²) in [7, 11) is 0. The van der Waals surface area contributed by atoms with Crippen LogP contribution in [0.3, 0.4) is 0 Å². The molecule has 0 saturated heterocycles. The molecule has 1 aliphatic rings. The van der Waals surface area contributed by atoms with Gasteiger partial charge < -0.3 is 10.1 Å². The molecule has 3 rings (SSSR count). The molecule has 2 amide bonds. The molecule has 7 heteroatoms. The van der Waals surface area contributed by atoms with Crippen LogP contribution in [0.5, 0.6) is 5.75 Å². The Hall–Kier alpha value is -2.80. The van der Waals surface area contributed by atoms with Crippen molar-refractivity contribution in [3.63, 3.8) is 0 Å². The quantitative estimate of drug-likeness (QED) is 0.850. The molecule has 6 nitrogen and oxygen atoms in total. The van der Waals surface area contributed by atoms with Gasteiger partial charge in [-0.05, 0) is 37.1 Å². The third-order valence-electron chi connectivity index (χ3n) is 4.33. The minimum absolute atomic E-state index is 0.204. The van der Waals surface area contributed by atoms with E-state index in [1.165, 1.54) is 30.6 Å². The molecule has 0 saturated carbocycles. The monoisotopic (exact) mass is 397 g/mol. The van der Waals surface area contributed by atoms with E-state index in [1.54, 1.807) is 0 Å². The van der Waals surface area contributed by atoms with E-state index < -0.39 is 5.37 Å². The van der Waals surface area contributed by atoms with Gasteiger partial charge in [-0.3, -0.25) is 9.59 Å². The van der Waals surface area contributed by atoms with Gasteiger partial charge in [0.2, 0.25) is 11.8 Å². The molecule has 1 N–H and O–H groups in total. The molecule has 2 aromatic carbocycles. The Bertz CT molecular complexity index is 942. The van der Waals surface area contributed by atoms with Crippen molar-refractivity contribution in [3.05, 3.63) is 64.7 Å². The van der Waals surface area contributed by atoms with Crippen LogP contribution in [0.4, 0.5) is 0 Å². The highest BCUT2D eigenvalue weighted by molar-refractivity contribution is 8.14. The number of aryl methyl sites for hydroxylation is 2. The second kappa shape index (κ2) is 8.48. The number of benzene rings is 2. The molecular weight excluding hydrogens is 374 g/mol. The van der Waals surface area contributed by atoms with Crippen LogP contribution in [0.25, 0.3) is 0 Å². The Kier molecular flexibility index (Phi) is 6.04. The summed E-state index contributed by atoms with van der Waals surface area (Å²) in [5.41, 5.74) is 4.16. The highest BCUT2D eigenvalue weighted by atomic mass is 32.2. The average molecular weight is 398 g/mol. The van der Waals surface area contributed by atoms with Crippen LogP contribution in [-0.2, 0) is 16.2 Å². The lowest BCUT2D eigenvalue weighted by Gasteiger charge is -2.22. The predicted molar refractivity (Wildman–Crippen MR) is 111 cm³/mol. The Balaban J connectivity index is 1.88. The van der Waals surface area contributed by atoms with Gasteiger partial charge in [0.05, 0.1) is 0 Å². The molecule has 0 spiro atoms. The molecule has 1 heterocycles. The molecule has 146 valence electrons. The summed E-state index contributed by atoms with van der Waals surface area (Å²) in [6.45, 7) is 7.34. The molecule has 0 fully saturated rings. The predicted octanol–water partition coefficient (Wildman–Crippen LogP) is 3.88. The zero-order chi connectivity index (χ0) is 20.3. The Morgan fingerprint density at radius 1 is 1.18 bits per heavy atom. The van der Waals surface area contributed by atoms with Gasteiger partial charge in [0.15, 0.2) is 5.17 Å². The smallest absolute Gasteiger partial charge is 0.241 e. The van der Waals surface area contributed by atoms with Gasteiger partial charge in [-0.1, -0.05) is 47.7 Å². The number of rotatable bonds is 4. The molecule has 0 aliphatic carbocycles. The number of nitrogens with one attached hydrogen (secondary N) is 1. The van der Waals surface area contributed by atoms with E-state index in [-0.39, 0.29) is 11.8 Å². The molecule has 28 heavy (non-hydrogen) atoms. The van der Waals surface area contributed by atoms with E-state index in [1.807, 2.05) is 56.3 Å². The lowest BCUT2D eigenvalue weighted by molar-refractivity contribution is -0.129. The number of ether oxygens (including phenoxy) is 1. The van der Waals surface area contributed by atoms with Crippen LogP contribution in [0.2, 0.25) is 0 Å². The normalized spacial score (nSPS) is 15.9. The first-order valence-corrected chi connectivity index (χ1v) is 9.83. The van der Waals surface area contributed by atoms with Crippen molar-refractivity contribution in [2.45, 2.75) is 39.7 Å². The fourth-order valence-corrected chi connectivity index (χ4v) is 4.04. The minimum atomic E-state index is -0.397. The lowest BCUT2D eigenvalue weighted by atomic mass is 10.1. The number of hydrogen-bond acceptors (Lipinski definition) is 5. The lowest BCUT2D eigenvalue weighted by Crippen LogP contribution is -2.25. The number of nitrogens with zero attached hydrogens (tertiary/aromatic N) is 2. The van der Waals surface area contributed by atoms with Crippen molar-refractivity contribution < 1.29 is 14.3 Å². The second-order valence-corrected chi connectivity index (χ2v) is 7.75. The van der Waals surface area contributed by atoms with Gasteiger partial charge in [-0.2, -0.15) is 0 Å². The Labute approximate surface area is 169 Å². The first kappa shape index (κ1) is 19.9. The van der Waals surface area contributed by atoms with Crippen molar-refractivity contribution in [1.82, 2.24) is 10.3 Å². The largest absolute Gasteiger partial charge is 0.488 e. The fraction of sp³-hybridized carbons (Fsp3) is 0.286. The topological polar surface area (TPSA) is 71.0 Å². The van der Waals surface area contributed by atoms with E-state index in [9.17, 15) is 9.59 Å². The fourth-order valence-electron chi connectivity index (χ4n) is 2.89. The standard InChI is InChI=1S/C21H23N3O3S/c1-13-9-10-19(27-12-17-8-6-5-7-14(17)2)18(11-13)20-24(16(4)26)23-21(28-20)22-15(3)25/h5-11,20H,12H2,1-4H3,(H,22,23,25)/t20-/m0/s1. The summed E-state index contributed by atoms with van der Waals surface area (Å²) < 4.78 is 6.13. The number of thioether (sulfide) groups is 1. The maximum atomic E-state index is 12.1. The van der Waals surface area contributed by atoms with Crippen LogP contribution in [-0.4, -0.2) is 22.0 Å². The number of carbonyl (C=O) groups excluding carboxylic acids is 2. The SMILES string of the molecule is CC(=O)NC1=NN(C(C)=O)[C@H](c2cc(C)ccc2OCc2ccccc2C)S1. The van der Waals surface area contributed by atoms with Gasteiger partial charge >= 0.3 is 0 Å². The molecule has 2 aromatic rings. The molecular formula is C21H23N3O3S. The van der Waals surface area contributed by atoms with E-state index in [0.717, 1.165) is 22.3 Å². The molecule has 0 radical (unpaired) electrons. The molecule has 0 bridgehead atoms. The minimum Gasteiger partial charge on any atom is -0.488 e. The van der Waals surface area contributed by atoms with Crippen LogP contribution >= 0.6 is 11.8 Å². The zero-order valence-corrected chi connectivity index (χ0v) is 17.2. The molecule has 1 aliphatic heterocycles. The summed E-state index contributed by atoms with van der Waals surface area (Å²) in [5, 5.41) is 8.31. The van der Waals surface area contributed by atoms with Gasteiger partial charge in [-0.25, -0.2) is 5.01 Å². The van der Waals surface area contributed by atoms with E-state index in [0.29, 0.717) is 17.5 Å². The number of hydrazone groups is 1. The number of amides is 2. The van der Waals surface area contributed by atoms with Crippen LogP contribution in [0.1, 0.15) is 41.5 Å². The van der Waals surface area contributed by atoms with Crippen molar-refractivity contribution >= 4 is 28.7 Å². The van der Waals surface area contributed by atoms with E-state index in [2.05, 4.69) is 10.4 Å². The number of hydrogen-bond donors (Lipinski definition) is 1. The maximum absolute atomic E-state index is 12.1. The van der Waals surface area contributed by atoms with Crippen molar-refractivity contribution in [2.75, 3.05) is 0 Å². The van der Waals surface area contributed by atoms with Crippen LogP contribution < -0.4 is 10.1 Å². The van der Waals surface area contributed by atoms with Gasteiger partial charge in [0.25, 0.3) is 0 Å². The third kappa shape index (κ3) is 4.54. The summed E-state index contributed by atoms with van der Waals surface area (Å²) in [5.74, 6) is 0.261. The van der Waals surface area contributed by atoms with Crippen molar-refractivity contribution in [1.29, 1.82) is 0 Å². The van der Waals surface area contributed by atoms with Crippen LogP contribution in [0.15, 0.2) is 47.6 Å². The summed E-state index contributed by atoms with van der Waals surface area (Å²) in [4.78, 5) is 23.5. The summed E-state index contributed by atoms with van der Waals surface area (Å²) in [6.07, 6.45) is 0. The van der Waals surface area contributed by atoms with Gasteiger partial charge in [0, 0.05) is 19.4 Å². The van der Waals surface area contributed by atoms with Crippen molar-refractivity contribution in [3.8, 4) is 5.75 Å².